The van der Waals surface area contributed by atoms with Gasteiger partial charge in [-0.2, -0.15) is 0 Å². The van der Waals surface area contributed by atoms with Gasteiger partial charge in [0.25, 0.3) is 5.91 Å². The van der Waals surface area contributed by atoms with Gasteiger partial charge in [-0.15, -0.1) is 0 Å². The maximum atomic E-state index is 12.5. The number of rotatable bonds is 3. The third kappa shape index (κ3) is 3.65. The van der Waals surface area contributed by atoms with Crippen molar-refractivity contribution < 1.29 is 4.79 Å². The van der Waals surface area contributed by atoms with Gasteiger partial charge in [0.1, 0.15) is 0 Å². The SMILES string of the molecule is O=C(Nc1cccc(-c2cn3cc(Cl)cc(Cl)c3n2)c1)c1ccccc1Cl. The number of pyridine rings is 1. The Bertz CT molecular complexity index is 1170. The van der Waals surface area contributed by atoms with Gasteiger partial charge in [-0.05, 0) is 30.3 Å². The first-order valence-electron chi connectivity index (χ1n) is 8.01. The number of nitrogens with zero attached hydrogens (tertiary/aromatic N) is 2. The highest BCUT2D eigenvalue weighted by atomic mass is 35.5. The Balaban J connectivity index is 1.66. The molecule has 0 fully saturated rings. The van der Waals surface area contributed by atoms with E-state index in [9.17, 15) is 4.79 Å². The fourth-order valence-corrected chi connectivity index (χ4v) is 3.51. The first-order valence-corrected chi connectivity index (χ1v) is 9.15. The van der Waals surface area contributed by atoms with Crippen LogP contribution >= 0.6 is 34.8 Å². The largest absolute Gasteiger partial charge is 0.322 e. The number of amides is 1. The topological polar surface area (TPSA) is 46.4 Å². The van der Waals surface area contributed by atoms with E-state index < -0.39 is 0 Å². The van der Waals surface area contributed by atoms with E-state index in [1.54, 1.807) is 47.0 Å². The van der Waals surface area contributed by atoms with Gasteiger partial charge in [-0.3, -0.25) is 4.79 Å². The second kappa shape index (κ2) is 7.24. The average molecular weight is 417 g/mol. The molecule has 0 saturated heterocycles. The van der Waals surface area contributed by atoms with Crippen LogP contribution in [-0.2, 0) is 0 Å². The van der Waals surface area contributed by atoms with E-state index in [-0.39, 0.29) is 5.91 Å². The van der Waals surface area contributed by atoms with Crippen molar-refractivity contribution in [3.05, 3.63) is 87.6 Å². The van der Waals surface area contributed by atoms with Crippen LogP contribution in [0.1, 0.15) is 10.4 Å². The molecule has 0 radical (unpaired) electrons. The molecule has 1 N–H and O–H groups in total. The van der Waals surface area contributed by atoms with Gasteiger partial charge >= 0.3 is 0 Å². The van der Waals surface area contributed by atoms with Crippen LogP contribution in [0.4, 0.5) is 5.69 Å². The summed E-state index contributed by atoms with van der Waals surface area (Å²) in [6.07, 6.45) is 3.57. The summed E-state index contributed by atoms with van der Waals surface area (Å²) < 4.78 is 1.77. The molecule has 0 aliphatic heterocycles. The molecule has 2 heterocycles. The summed E-state index contributed by atoms with van der Waals surface area (Å²) in [6, 6.07) is 15.9. The maximum absolute atomic E-state index is 12.5. The molecule has 4 aromatic rings. The first kappa shape index (κ1) is 17.9. The quantitative estimate of drug-likeness (QED) is 0.431. The Morgan fingerprint density at radius 1 is 0.926 bits per heavy atom. The number of imidazole rings is 1. The summed E-state index contributed by atoms with van der Waals surface area (Å²) in [5.41, 5.74) is 3.22. The lowest BCUT2D eigenvalue weighted by molar-refractivity contribution is 0.102. The van der Waals surface area contributed by atoms with E-state index in [0.717, 1.165) is 5.56 Å². The van der Waals surface area contributed by atoms with Crippen LogP contribution < -0.4 is 5.32 Å². The molecule has 0 spiro atoms. The summed E-state index contributed by atoms with van der Waals surface area (Å²) >= 11 is 18.3. The predicted molar refractivity (Wildman–Crippen MR) is 110 cm³/mol. The lowest BCUT2D eigenvalue weighted by Crippen LogP contribution is -2.12. The zero-order chi connectivity index (χ0) is 19.0. The van der Waals surface area contributed by atoms with Gasteiger partial charge < -0.3 is 9.72 Å². The van der Waals surface area contributed by atoms with E-state index >= 15 is 0 Å². The van der Waals surface area contributed by atoms with Gasteiger partial charge in [0.2, 0.25) is 0 Å². The van der Waals surface area contributed by atoms with Crippen LogP contribution in [0.2, 0.25) is 15.1 Å². The highest BCUT2D eigenvalue weighted by Gasteiger charge is 2.12. The minimum Gasteiger partial charge on any atom is -0.322 e. The van der Waals surface area contributed by atoms with Crippen LogP contribution in [-0.4, -0.2) is 15.3 Å². The zero-order valence-corrected chi connectivity index (χ0v) is 16.1. The Labute approximate surface area is 170 Å². The van der Waals surface area contributed by atoms with Crippen molar-refractivity contribution in [2.45, 2.75) is 0 Å². The molecular weight excluding hydrogens is 405 g/mol. The van der Waals surface area contributed by atoms with E-state index in [1.165, 1.54) is 0 Å². The maximum Gasteiger partial charge on any atom is 0.257 e. The number of fused-ring (bicyclic) bond motifs is 1. The number of carbonyl (C=O) groups is 1. The molecule has 0 bridgehead atoms. The van der Waals surface area contributed by atoms with Gasteiger partial charge in [0.15, 0.2) is 5.65 Å². The first-order chi connectivity index (χ1) is 13.0. The van der Waals surface area contributed by atoms with Crippen molar-refractivity contribution in [1.29, 1.82) is 0 Å². The van der Waals surface area contributed by atoms with Crippen LogP contribution in [0.3, 0.4) is 0 Å². The molecule has 134 valence electrons. The standard InChI is InChI=1S/C20H12Cl3N3O/c21-13-9-17(23)19-25-18(11-26(19)10-13)12-4-3-5-14(8-12)24-20(27)15-6-1-2-7-16(15)22/h1-11H,(H,24,27). The molecule has 7 heteroatoms. The average Bonchev–Trinajstić information content (AvgIpc) is 3.06. The zero-order valence-electron chi connectivity index (χ0n) is 13.8. The van der Waals surface area contributed by atoms with Crippen molar-refractivity contribution in [3.63, 3.8) is 0 Å². The fourth-order valence-electron chi connectivity index (χ4n) is 2.76. The summed E-state index contributed by atoms with van der Waals surface area (Å²) in [4.78, 5) is 17.0. The monoisotopic (exact) mass is 415 g/mol. The van der Waals surface area contributed by atoms with Crippen LogP contribution in [0, 0.1) is 0 Å². The molecular formula is C20H12Cl3N3O. The molecule has 0 saturated carbocycles. The Morgan fingerprint density at radius 3 is 2.56 bits per heavy atom. The summed E-state index contributed by atoms with van der Waals surface area (Å²) in [6.45, 7) is 0. The minimum absolute atomic E-state index is 0.275. The Morgan fingerprint density at radius 2 is 1.74 bits per heavy atom. The van der Waals surface area contributed by atoms with Crippen LogP contribution in [0.15, 0.2) is 67.0 Å². The second-order valence-electron chi connectivity index (χ2n) is 5.88. The Kier molecular flexibility index (Phi) is 4.79. The van der Waals surface area contributed by atoms with Crippen LogP contribution in [0.5, 0.6) is 0 Å². The predicted octanol–water partition coefficient (Wildman–Crippen LogP) is 6.21. The normalized spacial score (nSPS) is 10.9. The number of halogens is 3. The van der Waals surface area contributed by atoms with E-state index in [2.05, 4.69) is 10.3 Å². The summed E-state index contributed by atoms with van der Waals surface area (Å²) in [7, 11) is 0. The summed E-state index contributed by atoms with van der Waals surface area (Å²) in [5, 5.41) is 4.25. The fraction of sp³-hybridized carbons (Fsp3) is 0. The van der Waals surface area contributed by atoms with Crippen molar-refractivity contribution in [2.75, 3.05) is 5.32 Å². The lowest BCUT2D eigenvalue weighted by atomic mass is 10.1. The summed E-state index contributed by atoms with van der Waals surface area (Å²) in [5.74, 6) is -0.275. The molecule has 4 nitrogen and oxygen atoms in total. The molecule has 2 aromatic carbocycles. The highest BCUT2D eigenvalue weighted by molar-refractivity contribution is 6.36. The van der Waals surface area contributed by atoms with Gasteiger partial charge in [-0.1, -0.05) is 59.1 Å². The minimum atomic E-state index is -0.275. The van der Waals surface area contributed by atoms with Crippen molar-refractivity contribution in [2.24, 2.45) is 0 Å². The third-order valence-electron chi connectivity index (χ3n) is 4.01. The van der Waals surface area contributed by atoms with Gasteiger partial charge in [0.05, 0.1) is 26.3 Å². The van der Waals surface area contributed by atoms with Crippen LogP contribution in [0.25, 0.3) is 16.9 Å². The third-order valence-corrected chi connectivity index (χ3v) is 4.82. The number of anilines is 1. The number of carbonyl (C=O) groups excluding carboxylic acids is 1. The van der Waals surface area contributed by atoms with E-state index in [4.69, 9.17) is 34.8 Å². The number of hydrogen-bond donors (Lipinski definition) is 1. The molecule has 0 aliphatic rings. The van der Waals surface area contributed by atoms with Crippen molar-refractivity contribution >= 4 is 52.0 Å². The molecule has 0 atom stereocenters. The van der Waals surface area contributed by atoms with Gasteiger partial charge in [0, 0.05) is 23.6 Å². The van der Waals surface area contributed by atoms with E-state index in [1.807, 2.05) is 24.4 Å². The molecule has 4 rings (SSSR count). The Hall–Kier alpha value is -2.53. The van der Waals surface area contributed by atoms with E-state index in [0.29, 0.717) is 37.7 Å². The number of hydrogen-bond acceptors (Lipinski definition) is 2. The molecule has 2 aromatic heterocycles. The van der Waals surface area contributed by atoms with Crippen molar-refractivity contribution in [1.82, 2.24) is 9.38 Å². The second-order valence-corrected chi connectivity index (χ2v) is 7.13. The number of aromatic nitrogens is 2. The molecule has 1 amide bonds. The molecule has 27 heavy (non-hydrogen) atoms. The van der Waals surface area contributed by atoms with Crippen molar-refractivity contribution in [3.8, 4) is 11.3 Å². The highest BCUT2D eigenvalue weighted by Crippen LogP contribution is 2.27. The lowest BCUT2D eigenvalue weighted by Gasteiger charge is -2.07. The van der Waals surface area contributed by atoms with Gasteiger partial charge in [-0.25, -0.2) is 4.98 Å². The number of nitrogens with one attached hydrogen (secondary N) is 1. The number of benzene rings is 2. The molecule has 0 aliphatic carbocycles. The molecule has 0 unspecified atom stereocenters. The smallest absolute Gasteiger partial charge is 0.257 e.